The van der Waals surface area contributed by atoms with E-state index in [1.807, 2.05) is 6.07 Å². The number of pyridine rings is 2. The van der Waals surface area contributed by atoms with E-state index < -0.39 is 11.9 Å². The third-order valence-corrected chi connectivity index (χ3v) is 5.03. The summed E-state index contributed by atoms with van der Waals surface area (Å²) in [5.74, 6) is -1.46. The van der Waals surface area contributed by atoms with Crippen molar-refractivity contribution in [2.75, 3.05) is 14.2 Å². The Hall–Kier alpha value is -3.72. The molecule has 2 aromatic carbocycles. The molecule has 0 atom stereocenters. The quantitative estimate of drug-likeness (QED) is 0.406. The molecule has 31 heavy (non-hydrogen) atoms. The Morgan fingerprint density at radius 3 is 2.10 bits per heavy atom. The van der Waals surface area contributed by atoms with Crippen molar-refractivity contribution in [1.82, 2.24) is 9.97 Å². The van der Waals surface area contributed by atoms with Crippen molar-refractivity contribution in [3.8, 4) is 11.5 Å². The molecule has 0 saturated heterocycles. The topological polar surface area (TPSA) is 119 Å². The van der Waals surface area contributed by atoms with Crippen LogP contribution in [0.3, 0.4) is 0 Å². The lowest BCUT2D eigenvalue weighted by atomic mass is 10.1. The van der Waals surface area contributed by atoms with E-state index in [-0.39, 0.29) is 22.6 Å². The maximum absolute atomic E-state index is 11.4. The van der Waals surface area contributed by atoms with Crippen molar-refractivity contribution in [2.24, 2.45) is 0 Å². The summed E-state index contributed by atoms with van der Waals surface area (Å²) in [6, 6.07) is 11.9. The molecule has 4 rings (SSSR count). The van der Waals surface area contributed by atoms with Crippen LogP contribution in [0.5, 0.6) is 11.5 Å². The lowest BCUT2D eigenvalue weighted by Gasteiger charge is -2.07. The van der Waals surface area contributed by atoms with E-state index in [9.17, 15) is 19.8 Å². The standard InChI is InChI=1S/C11H8BrNO3.C11H9NO3/c1-16-11(15)7-5-8(12)6-3-2-4-13-9(6)10(7)14;1-15-11(14)8-5-4-7-3-2-6-12-9(7)10(8)13/h2-5,14H,1H3;2-6,13H,1H3. The van der Waals surface area contributed by atoms with Crippen molar-refractivity contribution in [2.45, 2.75) is 0 Å². The Kier molecular flexibility index (Phi) is 6.66. The molecule has 2 N–H and O–H groups in total. The minimum absolute atomic E-state index is 0.0978. The van der Waals surface area contributed by atoms with Crippen LogP contribution in [0.1, 0.15) is 20.7 Å². The first-order chi connectivity index (χ1) is 14.9. The number of hydrogen-bond acceptors (Lipinski definition) is 8. The molecule has 0 fully saturated rings. The van der Waals surface area contributed by atoms with E-state index in [2.05, 4.69) is 35.4 Å². The fourth-order valence-electron chi connectivity index (χ4n) is 2.86. The van der Waals surface area contributed by atoms with Crippen molar-refractivity contribution in [1.29, 1.82) is 0 Å². The second-order valence-electron chi connectivity index (χ2n) is 6.17. The number of nitrogens with zero attached hydrogens (tertiary/aromatic N) is 2. The van der Waals surface area contributed by atoms with Gasteiger partial charge in [0.05, 0.1) is 14.2 Å². The lowest BCUT2D eigenvalue weighted by molar-refractivity contribution is 0.0588. The van der Waals surface area contributed by atoms with E-state index in [4.69, 9.17) is 0 Å². The first kappa shape index (κ1) is 22.0. The molecule has 0 aliphatic rings. The summed E-state index contributed by atoms with van der Waals surface area (Å²) in [6.07, 6.45) is 3.11. The Labute approximate surface area is 185 Å². The third kappa shape index (κ3) is 4.41. The number of carbonyl (C=O) groups excluding carboxylic acids is 2. The fourth-order valence-corrected chi connectivity index (χ4v) is 3.41. The van der Waals surface area contributed by atoms with Crippen molar-refractivity contribution < 1.29 is 29.3 Å². The highest BCUT2D eigenvalue weighted by Gasteiger charge is 2.17. The summed E-state index contributed by atoms with van der Waals surface area (Å²) in [4.78, 5) is 30.7. The average molecular weight is 485 g/mol. The normalized spacial score (nSPS) is 10.3. The number of carbonyl (C=O) groups is 2. The number of phenolic OH excluding ortho intramolecular Hbond substituents is 2. The number of benzene rings is 2. The smallest absolute Gasteiger partial charge is 0.341 e. The van der Waals surface area contributed by atoms with E-state index in [0.717, 1.165) is 10.8 Å². The molecule has 0 saturated carbocycles. The van der Waals surface area contributed by atoms with Gasteiger partial charge in [-0.2, -0.15) is 0 Å². The number of halogens is 1. The van der Waals surface area contributed by atoms with Crippen LogP contribution in [0.25, 0.3) is 21.8 Å². The third-order valence-electron chi connectivity index (χ3n) is 4.37. The largest absolute Gasteiger partial charge is 0.505 e. The molecule has 0 aliphatic heterocycles. The number of esters is 2. The van der Waals surface area contributed by atoms with Gasteiger partial charge in [0, 0.05) is 27.6 Å². The van der Waals surface area contributed by atoms with E-state index >= 15 is 0 Å². The maximum Gasteiger partial charge on any atom is 0.341 e. The summed E-state index contributed by atoms with van der Waals surface area (Å²) in [5, 5.41) is 21.2. The zero-order valence-electron chi connectivity index (χ0n) is 16.5. The number of phenols is 2. The van der Waals surface area contributed by atoms with Gasteiger partial charge in [0.15, 0.2) is 11.5 Å². The predicted molar refractivity (Wildman–Crippen MR) is 117 cm³/mol. The highest BCUT2D eigenvalue weighted by molar-refractivity contribution is 9.10. The molecule has 9 heteroatoms. The van der Waals surface area contributed by atoms with E-state index in [1.54, 1.807) is 36.7 Å². The molecule has 2 aromatic heterocycles. The van der Waals surface area contributed by atoms with E-state index in [0.29, 0.717) is 15.5 Å². The highest BCUT2D eigenvalue weighted by Crippen LogP contribution is 2.33. The molecule has 0 radical (unpaired) electrons. The van der Waals surface area contributed by atoms with Crippen LogP contribution in [0, 0.1) is 0 Å². The van der Waals surface area contributed by atoms with Gasteiger partial charge in [0.1, 0.15) is 22.2 Å². The molecular formula is C22H17BrN2O6. The molecule has 0 spiro atoms. The summed E-state index contributed by atoms with van der Waals surface area (Å²) in [7, 11) is 2.53. The minimum Gasteiger partial charge on any atom is -0.505 e. The number of hydrogen-bond donors (Lipinski definition) is 2. The zero-order chi connectivity index (χ0) is 22.5. The SMILES string of the molecule is COC(=O)c1cc(Br)c2cccnc2c1O.COC(=O)c1ccc2cccnc2c1O. The number of aromatic hydroxyl groups is 2. The van der Waals surface area contributed by atoms with Crippen molar-refractivity contribution >= 4 is 49.7 Å². The monoisotopic (exact) mass is 484 g/mol. The number of aromatic nitrogens is 2. The van der Waals surface area contributed by atoms with Crippen LogP contribution in [0.4, 0.5) is 0 Å². The summed E-state index contributed by atoms with van der Waals surface area (Å²) in [6.45, 7) is 0. The number of rotatable bonds is 2. The molecule has 0 unspecified atom stereocenters. The average Bonchev–Trinajstić information content (AvgIpc) is 2.81. The Morgan fingerprint density at radius 2 is 1.42 bits per heavy atom. The zero-order valence-corrected chi connectivity index (χ0v) is 18.1. The van der Waals surface area contributed by atoms with Gasteiger partial charge in [-0.1, -0.05) is 34.1 Å². The van der Waals surface area contributed by atoms with Crippen LogP contribution >= 0.6 is 15.9 Å². The predicted octanol–water partition coefficient (Wildman–Crippen LogP) is 4.22. The van der Waals surface area contributed by atoms with Gasteiger partial charge in [-0.15, -0.1) is 0 Å². The molecule has 2 heterocycles. The molecule has 8 nitrogen and oxygen atoms in total. The minimum atomic E-state index is -0.592. The van der Waals surface area contributed by atoms with Gasteiger partial charge in [0.2, 0.25) is 0 Å². The number of ether oxygens (including phenoxy) is 2. The number of methoxy groups -OCH3 is 2. The summed E-state index contributed by atoms with van der Waals surface area (Å²) >= 11 is 3.32. The van der Waals surface area contributed by atoms with Gasteiger partial charge in [0.25, 0.3) is 0 Å². The first-order valence-corrected chi connectivity index (χ1v) is 9.67. The van der Waals surface area contributed by atoms with Gasteiger partial charge < -0.3 is 19.7 Å². The van der Waals surface area contributed by atoms with Gasteiger partial charge in [-0.05, 0) is 24.3 Å². The summed E-state index contributed by atoms with van der Waals surface area (Å²) in [5.41, 5.74) is 1.00. The molecule has 0 bridgehead atoms. The van der Waals surface area contributed by atoms with Crippen molar-refractivity contribution in [3.05, 3.63) is 70.5 Å². The van der Waals surface area contributed by atoms with Crippen LogP contribution in [-0.2, 0) is 9.47 Å². The molecule has 0 amide bonds. The van der Waals surface area contributed by atoms with Gasteiger partial charge >= 0.3 is 11.9 Å². The van der Waals surface area contributed by atoms with Crippen LogP contribution < -0.4 is 0 Å². The maximum atomic E-state index is 11.4. The Balaban J connectivity index is 0.000000176. The van der Waals surface area contributed by atoms with Crippen LogP contribution in [0.15, 0.2) is 59.3 Å². The van der Waals surface area contributed by atoms with Gasteiger partial charge in [-0.25, -0.2) is 9.59 Å². The number of fused-ring (bicyclic) bond motifs is 2. The molecule has 4 aromatic rings. The van der Waals surface area contributed by atoms with Crippen LogP contribution in [-0.4, -0.2) is 46.3 Å². The van der Waals surface area contributed by atoms with E-state index in [1.165, 1.54) is 26.4 Å². The Morgan fingerprint density at radius 1 is 0.839 bits per heavy atom. The van der Waals surface area contributed by atoms with Gasteiger partial charge in [-0.3, -0.25) is 9.97 Å². The molecule has 158 valence electrons. The second-order valence-corrected chi connectivity index (χ2v) is 7.03. The highest BCUT2D eigenvalue weighted by atomic mass is 79.9. The van der Waals surface area contributed by atoms with Crippen molar-refractivity contribution in [3.63, 3.8) is 0 Å². The first-order valence-electron chi connectivity index (χ1n) is 8.88. The molecular weight excluding hydrogens is 468 g/mol. The fraction of sp³-hybridized carbons (Fsp3) is 0.0909. The Bertz CT molecular complexity index is 1290. The van der Waals surface area contributed by atoms with Crippen LogP contribution in [0.2, 0.25) is 0 Å². The lowest BCUT2D eigenvalue weighted by Crippen LogP contribution is -2.02. The summed E-state index contributed by atoms with van der Waals surface area (Å²) < 4.78 is 9.80. The molecule has 0 aliphatic carbocycles. The second kappa shape index (κ2) is 9.40.